The van der Waals surface area contributed by atoms with Crippen LogP contribution >= 0.6 is 11.6 Å². The number of hydrogen-bond acceptors (Lipinski definition) is 3. The van der Waals surface area contributed by atoms with E-state index in [0.29, 0.717) is 23.3 Å². The highest BCUT2D eigenvalue weighted by Gasteiger charge is 2.32. The van der Waals surface area contributed by atoms with Crippen molar-refractivity contribution in [1.82, 2.24) is 14.7 Å². The molecule has 1 fully saturated rings. The number of aromatic nitrogens is 2. The predicted octanol–water partition coefficient (Wildman–Crippen LogP) is 3.42. The number of anilines is 1. The second-order valence-corrected chi connectivity index (χ2v) is 7.99. The average molecular weight is 387 g/mol. The van der Waals surface area contributed by atoms with Gasteiger partial charge in [-0.05, 0) is 36.5 Å². The molecule has 7 heteroatoms. The van der Waals surface area contributed by atoms with E-state index in [9.17, 15) is 9.59 Å². The van der Waals surface area contributed by atoms with Crippen LogP contribution in [-0.4, -0.2) is 39.6 Å². The van der Waals surface area contributed by atoms with Gasteiger partial charge in [0.15, 0.2) is 0 Å². The number of rotatable bonds is 3. The van der Waals surface area contributed by atoms with Gasteiger partial charge >= 0.3 is 0 Å². The zero-order valence-electron chi connectivity index (χ0n) is 15.3. The summed E-state index contributed by atoms with van der Waals surface area (Å²) in [6, 6.07) is 7.43. The fourth-order valence-corrected chi connectivity index (χ4v) is 3.89. The largest absolute Gasteiger partial charge is 0.343 e. The summed E-state index contributed by atoms with van der Waals surface area (Å²) in [7, 11) is 0. The van der Waals surface area contributed by atoms with Gasteiger partial charge in [0.05, 0.1) is 18.7 Å². The van der Waals surface area contributed by atoms with E-state index in [2.05, 4.69) is 17.3 Å². The Labute approximate surface area is 163 Å². The van der Waals surface area contributed by atoms with Crippen molar-refractivity contribution in [3.8, 4) is 11.1 Å². The number of nitrogens with one attached hydrogen (secondary N) is 1. The number of halogens is 1. The lowest BCUT2D eigenvalue weighted by molar-refractivity contribution is -0.136. The van der Waals surface area contributed by atoms with Crippen LogP contribution in [0.3, 0.4) is 0 Å². The second-order valence-electron chi connectivity index (χ2n) is 7.55. The number of likely N-dealkylation sites (tertiary alicyclic amines) is 1. The van der Waals surface area contributed by atoms with E-state index in [1.807, 2.05) is 29.2 Å². The third kappa shape index (κ3) is 3.72. The van der Waals surface area contributed by atoms with Gasteiger partial charge in [-0.2, -0.15) is 5.10 Å². The van der Waals surface area contributed by atoms with Gasteiger partial charge in [-0.15, -0.1) is 0 Å². The summed E-state index contributed by atoms with van der Waals surface area (Å²) in [5.41, 5.74) is 1.80. The normalized spacial score (nSPS) is 20.3. The van der Waals surface area contributed by atoms with E-state index in [1.54, 1.807) is 10.9 Å². The Hall–Kier alpha value is -2.34. The molecular weight excluding hydrogens is 364 g/mol. The minimum absolute atomic E-state index is 0.0654. The fourth-order valence-electron chi connectivity index (χ4n) is 3.76. The van der Waals surface area contributed by atoms with Crippen molar-refractivity contribution in [2.24, 2.45) is 11.8 Å². The Balaban J connectivity index is 1.47. The van der Waals surface area contributed by atoms with Crippen LogP contribution in [0.2, 0.25) is 5.02 Å². The summed E-state index contributed by atoms with van der Waals surface area (Å²) in [4.78, 5) is 27.1. The molecule has 4 rings (SSSR count). The van der Waals surface area contributed by atoms with E-state index in [0.717, 1.165) is 37.1 Å². The van der Waals surface area contributed by atoms with Crippen molar-refractivity contribution in [1.29, 1.82) is 0 Å². The molecule has 0 saturated carbocycles. The molecule has 1 aromatic carbocycles. The van der Waals surface area contributed by atoms with Gasteiger partial charge < -0.3 is 10.2 Å². The van der Waals surface area contributed by atoms with Crippen LogP contribution in [0.4, 0.5) is 5.82 Å². The Kier molecular flexibility index (Phi) is 4.91. The molecule has 1 atom stereocenters. The SMILES string of the molecule is CC1CCN(C(=O)CC2Cn3ncc(-c4ccc(Cl)cc4)c3NC2=O)CC1. The summed E-state index contributed by atoms with van der Waals surface area (Å²) < 4.78 is 1.78. The number of nitrogens with zero attached hydrogens (tertiary/aromatic N) is 3. The van der Waals surface area contributed by atoms with E-state index < -0.39 is 0 Å². The first-order valence-corrected chi connectivity index (χ1v) is 9.79. The summed E-state index contributed by atoms with van der Waals surface area (Å²) in [6.07, 6.45) is 4.05. The number of benzene rings is 1. The van der Waals surface area contributed by atoms with Gasteiger partial charge in [0.1, 0.15) is 5.82 Å². The number of carbonyl (C=O) groups is 2. The molecule has 6 nitrogen and oxygen atoms in total. The topological polar surface area (TPSA) is 67.2 Å². The highest BCUT2D eigenvalue weighted by atomic mass is 35.5. The molecule has 1 N–H and O–H groups in total. The zero-order valence-corrected chi connectivity index (χ0v) is 16.1. The quantitative estimate of drug-likeness (QED) is 0.878. The van der Waals surface area contributed by atoms with E-state index >= 15 is 0 Å². The van der Waals surface area contributed by atoms with Crippen molar-refractivity contribution in [2.45, 2.75) is 32.7 Å². The Bertz CT molecular complexity index is 853. The number of piperidine rings is 1. The summed E-state index contributed by atoms with van der Waals surface area (Å²) in [5, 5.41) is 8.02. The number of carbonyl (C=O) groups excluding carboxylic acids is 2. The molecule has 2 aliphatic heterocycles. The molecule has 1 unspecified atom stereocenters. The molecule has 1 saturated heterocycles. The van der Waals surface area contributed by atoms with Crippen molar-refractivity contribution in [2.75, 3.05) is 18.4 Å². The maximum atomic E-state index is 12.6. The van der Waals surface area contributed by atoms with Crippen molar-refractivity contribution >= 4 is 29.2 Å². The molecule has 2 amide bonds. The molecule has 2 aliphatic rings. The third-order valence-corrected chi connectivity index (χ3v) is 5.81. The first-order valence-electron chi connectivity index (χ1n) is 9.41. The maximum Gasteiger partial charge on any atom is 0.231 e. The van der Waals surface area contributed by atoms with E-state index in [-0.39, 0.29) is 24.2 Å². The average Bonchev–Trinajstić information content (AvgIpc) is 3.06. The number of hydrogen-bond donors (Lipinski definition) is 1. The van der Waals surface area contributed by atoms with Gasteiger partial charge in [0, 0.05) is 30.1 Å². The minimum atomic E-state index is -0.387. The van der Waals surface area contributed by atoms with Crippen LogP contribution in [0.15, 0.2) is 30.5 Å². The standard InChI is InChI=1S/C20H23ClN4O2/c1-13-6-8-24(9-7-13)18(26)10-15-12-25-19(23-20(15)27)17(11-22-25)14-2-4-16(21)5-3-14/h2-5,11,13,15H,6-10,12H2,1H3,(H,23,27). The van der Waals surface area contributed by atoms with Crippen molar-refractivity contribution in [3.63, 3.8) is 0 Å². The first-order chi connectivity index (χ1) is 13.0. The lowest BCUT2D eigenvalue weighted by Gasteiger charge is -2.32. The molecule has 1 aromatic heterocycles. The fraction of sp³-hybridized carbons (Fsp3) is 0.450. The van der Waals surface area contributed by atoms with Crippen molar-refractivity contribution < 1.29 is 9.59 Å². The van der Waals surface area contributed by atoms with Crippen LogP contribution in [0.25, 0.3) is 11.1 Å². The molecule has 142 valence electrons. The van der Waals surface area contributed by atoms with Crippen LogP contribution in [-0.2, 0) is 16.1 Å². The monoisotopic (exact) mass is 386 g/mol. The van der Waals surface area contributed by atoms with Crippen molar-refractivity contribution in [3.05, 3.63) is 35.5 Å². The second kappa shape index (κ2) is 7.35. The van der Waals surface area contributed by atoms with Gasteiger partial charge in [-0.3, -0.25) is 9.59 Å². The maximum absolute atomic E-state index is 12.6. The number of fused-ring (bicyclic) bond motifs is 1. The first kappa shape index (κ1) is 18.0. The van der Waals surface area contributed by atoms with Crippen LogP contribution in [0, 0.1) is 11.8 Å². The minimum Gasteiger partial charge on any atom is -0.343 e. The molecule has 27 heavy (non-hydrogen) atoms. The van der Waals surface area contributed by atoms with Gasteiger partial charge in [-0.25, -0.2) is 4.68 Å². The Morgan fingerprint density at radius 1 is 1.26 bits per heavy atom. The molecule has 2 aromatic rings. The van der Waals surface area contributed by atoms with Crippen LogP contribution in [0.5, 0.6) is 0 Å². The molecule has 0 bridgehead atoms. The van der Waals surface area contributed by atoms with E-state index in [4.69, 9.17) is 11.6 Å². The Morgan fingerprint density at radius 2 is 1.96 bits per heavy atom. The summed E-state index contributed by atoms with van der Waals surface area (Å²) in [6.45, 7) is 4.22. The predicted molar refractivity (Wildman–Crippen MR) is 104 cm³/mol. The molecular formula is C20H23ClN4O2. The van der Waals surface area contributed by atoms with Gasteiger partial charge in [0.2, 0.25) is 11.8 Å². The van der Waals surface area contributed by atoms with Crippen LogP contribution < -0.4 is 5.32 Å². The molecule has 0 spiro atoms. The highest BCUT2D eigenvalue weighted by molar-refractivity contribution is 6.30. The Morgan fingerprint density at radius 3 is 2.67 bits per heavy atom. The smallest absolute Gasteiger partial charge is 0.231 e. The number of amides is 2. The molecule has 0 aliphatic carbocycles. The summed E-state index contributed by atoms with van der Waals surface area (Å²) in [5.74, 6) is 0.914. The molecule has 3 heterocycles. The lowest BCUT2D eigenvalue weighted by Crippen LogP contribution is -2.42. The lowest BCUT2D eigenvalue weighted by atomic mass is 9.97. The van der Waals surface area contributed by atoms with Gasteiger partial charge in [0.25, 0.3) is 0 Å². The van der Waals surface area contributed by atoms with E-state index in [1.165, 1.54) is 0 Å². The molecule has 0 radical (unpaired) electrons. The highest BCUT2D eigenvalue weighted by Crippen LogP contribution is 2.32. The van der Waals surface area contributed by atoms with Crippen LogP contribution in [0.1, 0.15) is 26.2 Å². The van der Waals surface area contributed by atoms with Gasteiger partial charge in [-0.1, -0.05) is 30.7 Å². The third-order valence-electron chi connectivity index (χ3n) is 5.56. The summed E-state index contributed by atoms with van der Waals surface area (Å²) >= 11 is 5.95. The zero-order chi connectivity index (χ0) is 19.0.